The number of amides is 1. The maximum Gasteiger partial charge on any atom is 0.258 e. The molecule has 0 bridgehead atoms. The van der Waals surface area contributed by atoms with E-state index in [0.29, 0.717) is 10.8 Å². The molecular formula is C18H19BrClNO2. The number of carbonyl (C=O) groups excluding carboxylic acids is 1. The first kappa shape index (κ1) is 17.8. The van der Waals surface area contributed by atoms with E-state index in [9.17, 15) is 4.79 Å². The quantitative estimate of drug-likeness (QED) is 0.774. The van der Waals surface area contributed by atoms with Gasteiger partial charge >= 0.3 is 0 Å². The van der Waals surface area contributed by atoms with Gasteiger partial charge in [-0.05, 0) is 66.0 Å². The minimum Gasteiger partial charge on any atom is -0.483 e. The van der Waals surface area contributed by atoms with Crippen molar-refractivity contribution >= 4 is 33.4 Å². The Labute approximate surface area is 150 Å². The lowest BCUT2D eigenvalue weighted by atomic mass is 10.0. The number of benzene rings is 2. The SMILES string of the molecule is Cc1ccc([C@@H](C)NC(=O)COc2ccc(Cl)cc2Br)c(C)c1. The number of carbonyl (C=O) groups is 1. The zero-order valence-corrected chi connectivity index (χ0v) is 15.7. The average molecular weight is 397 g/mol. The fourth-order valence-electron chi connectivity index (χ4n) is 2.41. The Morgan fingerprint density at radius 3 is 2.65 bits per heavy atom. The zero-order valence-electron chi connectivity index (χ0n) is 13.3. The highest BCUT2D eigenvalue weighted by Crippen LogP contribution is 2.28. The molecule has 0 spiro atoms. The Bertz CT molecular complexity index is 718. The van der Waals surface area contributed by atoms with Crippen LogP contribution in [-0.4, -0.2) is 12.5 Å². The van der Waals surface area contributed by atoms with Crippen LogP contribution in [0.3, 0.4) is 0 Å². The van der Waals surface area contributed by atoms with Crippen molar-refractivity contribution in [3.05, 3.63) is 62.6 Å². The summed E-state index contributed by atoms with van der Waals surface area (Å²) in [5.74, 6) is 0.419. The van der Waals surface area contributed by atoms with Crippen LogP contribution in [0.1, 0.15) is 29.7 Å². The van der Waals surface area contributed by atoms with Crippen molar-refractivity contribution in [2.24, 2.45) is 0 Å². The van der Waals surface area contributed by atoms with E-state index in [0.717, 1.165) is 10.0 Å². The van der Waals surface area contributed by atoms with Crippen LogP contribution in [0.15, 0.2) is 40.9 Å². The largest absolute Gasteiger partial charge is 0.483 e. The van der Waals surface area contributed by atoms with Crippen LogP contribution in [0.2, 0.25) is 5.02 Å². The van der Waals surface area contributed by atoms with Gasteiger partial charge in [0.25, 0.3) is 5.91 Å². The standard InChI is InChI=1S/C18H19BrClNO2/c1-11-4-6-15(12(2)8-11)13(3)21-18(22)10-23-17-7-5-14(20)9-16(17)19/h4-9,13H,10H2,1-3H3,(H,21,22)/t13-/m1/s1. The van der Waals surface area contributed by atoms with Crippen LogP contribution < -0.4 is 10.1 Å². The highest BCUT2D eigenvalue weighted by Gasteiger charge is 2.13. The maximum atomic E-state index is 12.1. The fourth-order valence-corrected chi connectivity index (χ4v) is 3.21. The Morgan fingerprint density at radius 2 is 2.00 bits per heavy atom. The van der Waals surface area contributed by atoms with Gasteiger partial charge in [-0.25, -0.2) is 0 Å². The first-order valence-electron chi connectivity index (χ1n) is 7.31. The van der Waals surface area contributed by atoms with Crippen molar-refractivity contribution in [2.75, 3.05) is 6.61 Å². The molecule has 2 aromatic rings. The van der Waals surface area contributed by atoms with Crippen molar-refractivity contribution in [3.8, 4) is 5.75 Å². The van der Waals surface area contributed by atoms with Crippen LogP contribution in [0.5, 0.6) is 5.75 Å². The van der Waals surface area contributed by atoms with E-state index in [1.54, 1.807) is 18.2 Å². The molecule has 0 radical (unpaired) electrons. The zero-order chi connectivity index (χ0) is 17.0. The van der Waals surface area contributed by atoms with Gasteiger partial charge in [-0.1, -0.05) is 35.4 Å². The summed E-state index contributed by atoms with van der Waals surface area (Å²) in [6.07, 6.45) is 0. The molecule has 0 saturated carbocycles. The second kappa shape index (κ2) is 7.84. The third-order valence-electron chi connectivity index (χ3n) is 3.52. The lowest BCUT2D eigenvalue weighted by molar-refractivity contribution is -0.123. The number of rotatable bonds is 5. The number of nitrogens with one attached hydrogen (secondary N) is 1. The molecule has 0 aromatic heterocycles. The normalized spacial score (nSPS) is 11.9. The molecule has 2 aromatic carbocycles. The van der Waals surface area contributed by atoms with Gasteiger partial charge < -0.3 is 10.1 Å². The summed E-state index contributed by atoms with van der Waals surface area (Å²) in [5.41, 5.74) is 3.48. The van der Waals surface area contributed by atoms with E-state index in [1.165, 1.54) is 11.1 Å². The Balaban J connectivity index is 1.93. The molecule has 2 rings (SSSR count). The van der Waals surface area contributed by atoms with E-state index < -0.39 is 0 Å². The Morgan fingerprint density at radius 1 is 1.26 bits per heavy atom. The molecule has 0 aliphatic carbocycles. The third kappa shape index (κ3) is 4.98. The number of hydrogen-bond donors (Lipinski definition) is 1. The number of halogens is 2. The lowest BCUT2D eigenvalue weighted by Gasteiger charge is -2.17. The second-order valence-electron chi connectivity index (χ2n) is 5.51. The average Bonchev–Trinajstić information content (AvgIpc) is 2.46. The van der Waals surface area contributed by atoms with E-state index in [-0.39, 0.29) is 18.6 Å². The van der Waals surface area contributed by atoms with Crippen molar-refractivity contribution in [2.45, 2.75) is 26.8 Å². The fraction of sp³-hybridized carbons (Fsp3) is 0.278. The summed E-state index contributed by atoms with van der Waals surface area (Å²) in [4.78, 5) is 12.1. The molecule has 0 saturated heterocycles. The molecule has 1 atom stereocenters. The second-order valence-corrected chi connectivity index (χ2v) is 6.80. The molecule has 1 amide bonds. The van der Waals surface area contributed by atoms with Gasteiger partial charge in [0.1, 0.15) is 5.75 Å². The molecular weight excluding hydrogens is 378 g/mol. The molecule has 0 unspecified atom stereocenters. The van der Waals surface area contributed by atoms with Crippen molar-refractivity contribution in [1.82, 2.24) is 5.32 Å². The number of ether oxygens (including phenoxy) is 1. The van der Waals surface area contributed by atoms with E-state index in [1.807, 2.05) is 26.0 Å². The molecule has 1 N–H and O–H groups in total. The molecule has 3 nitrogen and oxygen atoms in total. The minimum absolute atomic E-state index is 0.0461. The molecule has 0 fully saturated rings. The van der Waals surface area contributed by atoms with Crippen molar-refractivity contribution in [1.29, 1.82) is 0 Å². The molecule has 5 heteroatoms. The molecule has 0 aliphatic heterocycles. The number of hydrogen-bond acceptors (Lipinski definition) is 2. The molecule has 122 valence electrons. The predicted molar refractivity (Wildman–Crippen MR) is 97.1 cm³/mol. The van der Waals surface area contributed by atoms with Crippen LogP contribution in [-0.2, 0) is 4.79 Å². The number of aryl methyl sites for hydroxylation is 2. The highest BCUT2D eigenvalue weighted by molar-refractivity contribution is 9.10. The third-order valence-corrected chi connectivity index (χ3v) is 4.38. The summed E-state index contributed by atoms with van der Waals surface area (Å²) in [6, 6.07) is 11.3. The van der Waals surface area contributed by atoms with Crippen LogP contribution >= 0.6 is 27.5 Å². The van der Waals surface area contributed by atoms with Gasteiger partial charge in [-0.3, -0.25) is 4.79 Å². The molecule has 0 heterocycles. The van der Waals surface area contributed by atoms with Crippen LogP contribution in [0, 0.1) is 13.8 Å². The van der Waals surface area contributed by atoms with Gasteiger partial charge in [-0.15, -0.1) is 0 Å². The predicted octanol–water partition coefficient (Wildman–Crippen LogP) is 4.98. The Hall–Kier alpha value is -1.52. The monoisotopic (exact) mass is 395 g/mol. The summed E-state index contributed by atoms with van der Waals surface area (Å²) in [6.45, 7) is 6.02. The molecule has 23 heavy (non-hydrogen) atoms. The highest BCUT2D eigenvalue weighted by atomic mass is 79.9. The van der Waals surface area contributed by atoms with Gasteiger partial charge in [0.15, 0.2) is 6.61 Å². The van der Waals surface area contributed by atoms with E-state index in [2.05, 4.69) is 34.2 Å². The smallest absolute Gasteiger partial charge is 0.258 e. The maximum absolute atomic E-state index is 12.1. The van der Waals surface area contributed by atoms with Crippen LogP contribution in [0.4, 0.5) is 0 Å². The van der Waals surface area contributed by atoms with E-state index >= 15 is 0 Å². The Kier molecular flexibility index (Phi) is 6.08. The molecule has 0 aliphatic rings. The van der Waals surface area contributed by atoms with Crippen molar-refractivity contribution < 1.29 is 9.53 Å². The van der Waals surface area contributed by atoms with Gasteiger partial charge in [0.2, 0.25) is 0 Å². The topological polar surface area (TPSA) is 38.3 Å². The lowest BCUT2D eigenvalue weighted by Crippen LogP contribution is -2.31. The summed E-state index contributed by atoms with van der Waals surface area (Å²) < 4.78 is 6.24. The van der Waals surface area contributed by atoms with Gasteiger partial charge in [0.05, 0.1) is 10.5 Å². The summed E-state index contributed by atoms with van der Waals surface area (Å²) in [5, 5.41) is 3.56. The van der Waals surface area contributed by atoms with Gasteiger partial charge in [-0.2, -0.15) is 0 Å². The first-order valence-corrected chi connectivity index (χ1v) is 8.48. The van der Waals surface area contributed by atoms with Gasteiger partial charge in [0, 0.05) is 5.02 Å². The summed E-state index contributed by atoms with van der Waals surface area (Å²) in [7, 11) is 0. The summed E-state index contributed by atoms with van der Waals surface area (Å²) >= 11 is 9.24. The van der Waals surface area contributed by atoms with Crippen LogP contribution in [0.25, 0.3) is 0 Å². The van der Waals surface area contributed by atoms with E-state index in [4.69, 9.17) is 16.3 Å². The van der Waals surface area contributed by atoms with Crippen molar-refractivity contribution in [3.63, 3.8) is 0 Å². The first-order chi connectivity index (χ1) is 10.9. The minimum atomic E-state index is -0.167.